The third kappa shape index (κ3) is 1.68. The van der Waals surface area contributed by atoms with E-state index in [1.165, 1.54) is 0 Å². The van der Waals surface area contributed by atoms with Crippen molar-refractivity contribution >= 4 is 16.6 Å². The molecule has 1 aromatic heterocycles. The van der Waals surface area contributed by atoms with E-state index in [1.54, 1.807) is 6.20 Å². The van der Waals surface area contributed by atoms with Crippen LogP contribution in [0, 0.1) is 0 Å². The monoisotopic (exact) mass is 231 g/mol. The third-order valence-electron chi connectivity index (χ3n) is 3.03. The Morgan fingerprint density at radius 1 is 1.53 bits per heavy atom. The van der Waals surface area contributed by atoms with Crippen molar-refractivity contribution in [3.63, 3.8) is 0 Å². The van der Waals surface area contributed by atoms with Crippen molar-refractivity contribution in [3.8, 4) is 0 Å². The molecule has 2 heterocycles. The largest absolute Gasteiger partial charge is 0.392 e. The molecule has 0 saturated heterocycles. The number of hydrogen-bond donors (Lipinski definition) is 2. The van der Waals surface area contributed by atoms with Crippen molar-refractivity contribution in [2.45, 2.75) is 18.9 Å². The van der Waals surface area contributed by atoms with E-state index in [0.717, 1.165) is 22.2 Å². The Hall–Kier alpha value is -1.88. The molecule has 5 heteroatoms. The van der Waals surface area contributed by atoms with Crippen molar-refractivity contribution in [2.24, 2.45) is 5.16 Å². The van der Waals surface area contributed by atoms with Gasteiger partial charge in [-0.3, -0.25) is 5.10 Å². The van der Waals surface area contributed by atoms with E-state index in [2.05, 4.69) is 15.4 Å². The predicted molar refractivity (Wildman–Crippen MR) is 63.8 cm³/mol. The summed E-state index contributed by atoms with van der Waals surface area (Å²) in [5.41, 5.74) is 2.25. The summed E-state index contributed by atoms with van der Waals surface area (Å²) in [4.78, 5) is 5.26. The van der Waals surface area contributed by atoms with Gasteiger partial charge in [0.05, 0.1) is 24.0 Å². The number of fused-ring (bicyclic) bond motifs is 1. The molecule has 1 aliphatic heterocycles. The summed E-state index contributed by atoms with van der Waals surface area (Å²) in [7, 11) is 0. The molecule has 88 valence electrons. The van der Waals surface area contributed by atoms with E-state index in [4.69, 9.17) is 4.84 Å². The number of aliphatic hydroxyl groups is 1. The van der Waals surface area contributed by atoms with Gasteiger partial charge in [0.25, 0.3) is 0 Å². The van der Waals surface area contributed by atoms with Crippen LogP contribution < -0.4 is 0 Å². The number of aliphatic hydroxyl groups excluding tert-OH is 1. The first kappa shape index (κ1) is 10.3. The molecule has 0 spiro atoms. The minimum atomic E-state index is -0.585. The van der Waals surface area contributed by atoms with Crippen LogP contribution in [0.25, 0.3) is 10.9 Å². The molecule has 2 N–H and O–H groups in total. The van der Waals surface area contributed by atoms with Gasteiger partial charge < -0.3 is 9.94 Å². The highest BCUT2D eigenvalue weighted by Crippen LogP contribution is 2.26. The smallest absolute Gasteiger partial charge is 0.163 e. The van der Waals surface area contributed by atoms with Crippen molar-refractivity contribution in [2.75, 3.05) is 6.61 Å². The molecule has 0 bridgehead atoms. The molecule has 0 fully saturated rings. The molecule has 0 amide bonds. The van der Waals surface area contributed by atoms with Crippen LogP contribution in [0.2, 0.25) is 0 Å². The fourth-order valence-corrected chi connectivity index (χ4v) is 1.94. The Balaban J connectivity index is 1.95. The second kappa shape index (κ2) is 3.56. The number of aromatic amines is 1. The standard InChI is InChI=1S/C12H13N3O2/c1-12(7-16)5-11(15-17-12)8-2-3-9-6-13-14-10(9)4-8/h2-4,6,16H,5,7H2,1H3,(H,13,14). The van der Waals surface area contributed by atoms with Crippen molar-refractivity contribution in [1.82, 2.24) is 10.2 Å². The van der Waals surface area contributed by atoms with Crippen LogP contribution in [-0.2, 0) is 4.84 Å². The molecule has 2 aromatic rings. The molecule has 3 rings (SSSR count). The molecule has 1 aliphatic rings. The summed E-state index contributed by atoms with van der Waals surface area (Å²) in [5.74, 6) is 0. The fourth-order valence-electron chi connectivity index (χ4n) is 1.94. The lowest BCUT2D eigenvalue weighted by Gasteiger charge is -2.17. The summed E-state index contributed by atoms with van der Waals surface area (Å²) in [6, 6.07) is 5.97. The Morgan fingerprint density at radius 3 is 3.18 bits per heavy atom. The van der Waals surface area contributed by atoms with E-state index < -0.39 is 5.60 Å². The summed E-state index contributed by atoms with van der Waals surface area (Å²) in [6.45, 7) is 1.81. The van der Waals surface area contributed by atoms with Gasteiger partial charge in [-0.2, -0.15) is 5.10 Å². The molecule has 1 aromatic carbocycles. The molecule has 1 unspecified atom stereocenters. The Bertz CT molecular complexity index is 590. The number of oxime groups is 1. The normalized spacial score (nSPS) is 23.8. The number of H-pyrrole nitrogens is 1. The van der Waals surface area contributed by atoms with Crippen molar-refractivity contribution < 1.29 is 9.94 Å². The van der Waals surface area contributed by atoms with Gasteiger partial charge in [-0.05, 0) is 13.0 Å². The van der Waals surface area contributed by atoms with Crippen LogP contribution >= 0.6 is 0 Å². The Morgan fingerprint density at radius 2 is 2.41 bits per heavy atom. The first-order valence-electron chi connectivity index (χ1n) is 5.50. The lowest BCUT2D eigenvalue weighted by molar-refractivity contribution is -0.0428. The van der Waals surface area contributed by atoms with Crippen LogP contribution in [0.1, 0.15) is 18.9 Å². The van der Waals surface area contributed by atoms with Crippen LogP contribution in [0.4, 0.5) is 0 Å². The Labute approximate surface area is 98.1 Å². The molecule has 0 radical (unpaired) electrons. The molecule has 0 saturated carbocycles. The van der Waals surface area contributed by atoms with Gasteiger partial charge in [-0.25, -0.2) is 0 Å². The number of hydrogen-bond acceptors (Lipinski definition) is 4. The van der Waals surface area contributed by atoms with E-state index in [1.807, 2.05) is 25.1 Å². The van der Waals surface area contributed by atoms with Gasteiger partial charge in [-0.1, -0.05) is 17.3 Å². The van der Waals surface area contributed by atoms with Gasteiger partial charge in [0.1, 0.15) is 0 Å². The summed E-state index contributed by atoms with van der Waals surface area (Å²) >= 11 is 0. The molecule has 5 nitrogen and oxygen atoms in total. The fraction of sp³-hybridized carbons (Fsp3) is 0.333. The van der Waals surface area contributed by atoms with Gasteiger partial charge in [-0.15, -0.1) is 0 Å². The minimum Gasteiger partial charge on any atom is -0.392 e. The van der Waals surface area contributed by atoms with Crippen LogP contribution in [0.5, 0.6) is 0 Å². The topological polar surface area (TPSA) is 70.5 Å². The molecular formula is C12H13N3O2. The zero-order chi connectivity index (χ0) is 11.9. The molecule has 0 aliphatic carbocycles. The first-order valence-corrected chi connectivity index (χ1v) is 5.50. The van der Waals surface area contributed by atoms with E-state index in [-0.39, 0.29) is 6.61 Å². The zero-order valence-electron chi connectivity index (χ0n) is 9.47. The van der Waals surface area contributed by atoms with Crippen LogP contribution in [-0.4, -0.2) is 33.2 Å². The number of benzene rings is 1. The second-order valence-electron chi connectivity index (χ2n) is 4.59. The third-order valence-corrected chi connectivity index (χ3v) is 3.03. The summed E-state index contributed by atoms with van der Waals surface area (Å²) in [6.07, 6.45) is 2.40. The highest BCUT2D eigenvalue weighted by Gasteiger charge is 2.34. The minimum absolute atomic E-state index is 0.0354. The first-order chi connectivity index (χ1) is 8.20. The van der Waals surface area contributed by atoms with Gasteiger partial charge in [0.15, 0.2) is 5.60 Å². The molecule has 1 atom stereocenters. The Kier molecular flexibility index (Phi) is 2.16. The van der Waals surface area contributed by atoms with E-state index in [9.17, 15) is 5.11 Å². The number of nitrogens with zero attached hydrogens (tertiary/aromatic N) is 2. The maximum absolute atomic E-state index is 9.21. The summed E-state index contributed by atoms with van der Waals surface area (Å²) < 4.78 is 0. The second-order valence-corrected chi connectivity index (χ2v) is 4.59. The average molecular weight is 231 g/mol. The van der Waals surface area contributed by atoms with Crippen molar-refractivity contribution in [3.05, 3.63) is 30.0 Å². The highest BCUT2D eigenvalue weighted by atomic mass is 16.7. The van der Waals surface area contributed by atoms with Gasteiger partial charge in [0.2, 0.25) is 0 Å². The highest BCUT2D eigenvalue weighted by molar-refractivity contribution is 6.03. The lowest BCUT2D eigenvalue weighted by atomic mass is 9.96. The maximum atomic E-state index is 9.21. The summed E-state index contributed by atoms with van der Waals surface area (Å²) in [5, 5.41) is 21.2. The predicted octanol–water partition coefficient (Wildman–Crippen LogP) is 1.44. The van der Waals surface area contributed by atoms with Crippen LogP contribution in [0.15, 0.2) is 29.6 Å². The van der Waals surface area contributed by atoms with E-state index in [0.29, 0.717) is 6.42 Å². The van der Waals surface area contributed by atoms with Gasteiger partial charge >= 0.3 is 0 Å². The quantitative estimate of drug-likeness (QED) is 0.821. The van der Waals surface area contributed by atoms with Gasteiger partial charge in [0, 0.05) is 17.4 Å². The molecule has 17 heavy (non-hydrogen) atoms. The maximum Gasteiger partial charge on any atom is 0.163 e. The number of aromatic nitrogens is 2. The number of nitrogens with one attached hydrogen (secondary N) is 1. The SMILES string of the molecule is CC1(CO)CC(c2ccc3cn[nH]c3c2)=NO1. The number of rotatable bonds is 2. The van der Waals surface area contributed by atoms with E-state index >= 15 is 0 Å². The van der Waals surface area contributed by atoms with Crippen molar-refractivity contribution in [1.29, 1.82) is 0 Å². The average Bonchev–Trinajstić information content (AvgIpc) is 2.95. The van der Waals surface area contributed by atoms with Crippen LogP contribution in [0.3, 0.4) is 0 Å². The zero-order valence-corrected chi connectivity index (χ0v) is 9.47. The lowest BCUT2D eigenvalue weighted by Crippen LogP contribution is -2.29. The molecular weight excluding hydrogens is 218 g/mol.